The first-order chi connectivity index (χ1) is 10.1. The number of hydrogen-bond donors (Lipinski definition) is 0. The highest BCUT2D eigenvalue weighted by atomic mass is 79.9. The maximum absolute atomic E-state index is 12.2. The average Bonchev–Trinajstić information content (AvgIpc) is 2.48. The van der Waals surface area contributed by atoms with E-state index >= 15 is 0 Å². The minimum Gasteiger partial charge on any atom is -0.450 e. The van der Waals surface area contributed by atoms with Gasteiger partial charge in [-0.1, -0.05) is 28.1 Å². The molecule has 2 rings (SSSR count). The maximum atomic E-state index is 12.2. The lowest BCUT2D eigenvalue weighted by molar-refractivity contribution is 0.0733. The van der Waals surface area contributed by atoms with Crippen LogP contribution in [0, 0.1) is 0 Å². The van der Waals surface area contributed by atoms with Crippen molar-refractivity contribution in [1.82, 2.24) is 9.80 Å². The van der Waals surface area contributed by atoms with Gasteiger partial charge in [0.15, 0.2) is 5.78 Å². The number of halogens is 1. The number of carbonyl (C=O) groups is 2. The van der Waals surface area contributed by atoms with Crippen molar-refractivity contribution in [3.8, 4) is 0 Å². The van der Waals surface area contributed by atoms with E-state index in [-0.39, 0.29) is 11.9 Å². The van der Waals surface area contributed by atoms with Crippen LogP contribution in [0.15, 0.2) is 28.7 Å². The monoisotopic (exact) mass is 354 g/mol. The van der Waals surface area contributed by atoms with E-state index in [1.807, 2.05) is 24.3 Å². The molecule has 0 radical (unpaired) electrons. The summed E-state index contributed by atoms with van der Waals surface area (Å²) in [5.74, 6) is 0.0980. The largest absolute Gasteiger partial charge is 0.450 e. The number of hydrogen-bond acceptors (Lipinski definition) is 4. The lowest BCUT2D eigenvalue weighted by Gasteiger charge is -2.33. The molecular weight excluding hydrogens is 336 g/mol. The third-order valence-corrected chi connectivity index (χ3v) is 3.91. The zero-order valence-electron chi connectivity index (χ0n) is 12.0. The molecule has 1 aromatic carbocycles. The molecule has 6 heteroatoms. The van der Waals surface area contributed by atoms with Gasteiger partial charge in [-0.2, -0.15) is 0 Å². The summed E-state index contributed by atoms with van der Waals surface area (Å²) < 4.78 is 5.88. The van der Waals surface area contributed by atoms with Gasteiger partial charge in [0.2, 0.25) is 0 Å². The Balaban J connectivity index is 1.83. The van der Waals surface area contributed by atoms with Gasteiger partial charge >= 0.3 is 6.09 Å². The number of ketones is 1. The van der Waals surface area contributed by atoms with E-state index in [1.54, 1.807) is 11.8 Å². The Morgan fingerprint density at radius 2 is 1.95 bits per heavy atom. The molecule has 0 aliphatic carbocycles. The van der Waals surface area contributed by atoms with Crippen molar-refractivity contribution in [2.75, 3.05) is 39.3 Å². The van der Waals surface area contributed by atoms with E-state index in [4.69, 9.17) is 4.74 Å². The van der Waals surface area contributed by atoms with Crippen molar-refractivity contribution in [2.24, 2.45) is 0 Å². The van der Waals surface area contributed by atoms with Gasteiger partial charge in [0, 0.05) is 36.2 Å². The van der Waals surface area contributed by atoms with Crippen LogP contribution in [0.25, 0.3) is 0 Å². The van der Waals surface area contributed by atoms with Crippen LogP contribution in [-0.2, 0) is 4.74 Å². The highest BCUT2D eigenvalue weighted by Gasteiger charge is 2.23. The minimum absolute atomic E-state index is 0.0980. The van der Waals surface area contributed by atoms with Crippen LogP contribution < -0.4 is 0 Å². The van der Waals surface area contributed by atoms with E-state index in [0.717, 1.165) is 4.47 Å². The fraction of sp³-hybridized carbons (Fsp3) is 0.467. The zero-order valence-corrected chi connectivity index (χ0v) is 13.6. The van der Waals surface area contributed by atoms with Crippen LogP contribution in [-0.4, -0.2) is 61.0 Å². The van der Waals surface area contributed by atoms with Gasteiger partial charge in [0.1, 0.15) is 0 Å². The van der Waals surface area contributed by atoms with Crippen molar-refractivity contribution < 1.29 is 14.3 Å². The second-order valence-electron chi connectivity index (χ2n) is 4.90. The van der Waals surface area contributed by atoms with Crippen LogP contribution in [0.5, 0.6) is 0 Å². The third-order valence-electron chi connectivity index (χ3n) is 3.41. The van der Waals surface area contributed by atoms with Crippen molar-refractivity contribution in [1.29, 1.82) is 0 Å². The first-order valence-electron chi connectivity index (χ1n) is 7.03. The van der Waals surface area contributed by atoms with Gasteiger partial charge in [0.05, 0.1) is 13.2 Å². The van der Waals surface area contributed by atoms with E-state index in [0.29, 0.717) is 44.9 Å². The van der Waals surface area contributed by atoms with Gasteiger partial charge in [-0.3, -0.25) is 9.69 Å². The second kappa shape index (κ2) is 7.56. The van der Waals surface area contributed by atoms with Crippen molar-refractivity contribution in [3.63, 3.8) is 0 Å². The van der Waals surface area contributed by atoms with Crippen molar-refractivity contribution >= 4 is 27.8 Å². The fourth-order valence-corrected chi connectivity index (χ4v) is 2.66. The summed E-state index contributed by atoms with van der Waals surface area (Å²) in [4.78, 5) is 27.6. The molecule has 1 fully saturated rings. The number of ether oxygens (including phenoxy) is 1. The molecule has 1 aliphatic heterocycles. The lowest BCUT2D eigenvalue weighted by atomic mass is 10.1. The fourth-order valence-electron chi connectivity index (χ4n) is 2.26. The number of piperazine rings is 1. The molecule has 0 spiro atoms. The predicted octanol–water partition coefficient (Wildman–Crippen LogP) is 2.41. The Morgan fingerprint density at radius 1 is 1.24 bits per heavy atom. The topological polar surface area (TPSA) is 49.9 Å². The molecule has 114 valence electrons. The highest BCUT2D eigenvalue weighted by molar-refractivity contribution is 9.10. The van der Waals surface area contributed by atoms with Gasteiger partial charge in [0.25, 0.3) is 0 Å². The lowest BCUT2D eigenvalue weighted by Crippen LogP contribution is -2.50. The molecule has 0 N–H and O–H groups in total. The van der Waals surface area contributed by atoms with Crippen LogP contribution in [0.2, 0.25) is 0 Å². The predicted molar refractivity (Wildman–Crippen MR) is 83.5 cm³/mol. The summed E-state index contributed by atoms with van der Waals surface area (Å²) in [5.41, 5.74) is 0.706. The second-order valence-corrected chi connectivity index (χ2v) is 5.81. The summed E-state index contributed by atoms with van der Waals surface area (Å²) in [5, 5.41) is 0. The zero-order chi connectivity index (χ0) is 15.2. The minimum atomic E-state index is -0.268. The molecule has 1 aromatic rings. The Bertz CT molecular complexity index is 513. The smallest absolute Gasteiger partial charge is 0.409 e. The van der Waals surface area contributed by atoms with Gasteiger partial charge in [-0.25, -0.2) is 4.79 Å². The van der Waals surface area contributed by atoms with E-state index < -0.39 is 0 Å². The Hall–Kier alpha value is -1.40. The number of carbonyl (C=O) groups excluding carboxylic acids is 2. The molecular formula is C15H19BrN2O3. The summed E-state index contributed by atoms with van der Waals surface area (Å²) >= 11 is 3.37. The van der Waals surface area contributed by atoms with E-state index in [1.165, 1.54) is 0 Å². The van der Waals surface area contributed by atoms with Crippen LogP contribution in [0.4, 0.5) is 4.79 Å². The molecule has 0 atom stereocenters. The van der Waals surface area contributed by atoms with E-state index in [9.17, 15) is 9.59 Å². The van der Waals surface area contributed by atoms with Crippen LogP contribution >= 0.6 is 15.9 Å². The molecule has 1 saturated heterocycles. The van der Waals surface area contributed by atoms with Crippen LogP contribution in [0.3, 0.4) is 0 Å². The van der Waals surface area contributed by atoms with E-state index in [2.05, 4.69) is 20.8 Å². The molecule has 0 bridgehead atoms. The van der Waals surface area contributed by atoms with Crippen molar-refractivity contribution in [3.05, 3.63) is 34.3 Å². The Kier molecular flexibility index (Phi) is 5.76. The average molecular weight is 355 g/mol. The van der Waals surface area contributed by atoms with Gasteiger partial charge in [-0.15, -0.1) is 0 Å². The molecule has 1 aliphatic rings. The summed E-state index contributed by atoms with van der Waals surface area (Å²) in [6.07, 6.45) is -0.268. The van der Waals surface area contributed by atoms with Crippen molar-refractivity contribution in [2.45, 2.75) is 6.92 Å². The highest BCUT2D eigenvalue weighted by Crippen LogP contribution is 2.13. The number of amides is 1. The summed E-state index contributed by atoms with van der Waals surface area (Å²) in [7, 11) is 0. The number of benzene rings is 1. The molecule has 1 amide bonds. The SMILES string of the molecule is CCOC(=O)N1CCN(CC(=O)c2cccc(Br)c2)CC1. The van der Waals surface area contributed by atoms with Gasteiger partial charge < -0.3 is 9.64 Å². The summed E-state index contributed by atoms with van der Waals surface area (Å²) in [6, 6.07) is 7.41. The quantitative estimate of drug-likeness (QED) is 0.779. The normalized spacial score (nSPS) is 15.8. The molecule has 0 saturated carbocycles. The number of nitrogens with zero attached hydrogens (tertiary/aromatic N) is 2. The number of rotatable bonds is 4. The molecule has 1 heterocycles. The molecule has 21 heavy (non-hydrogen) atoms. The number of Topliss-reactive ketones (excluding diaryl/α,β-unsaturated/α-hetero) is 1. The maximum Gasteiger partial charge on any atom is 0.409 e. The first-order valence-corrected chi connectivity index (χ1v) is 7.82. The third kappa shape index (κ3) is 4.54. The standard InChI is InChI=1S/C15H19BrN2O3/c1-2-21-15(20)18-8-6-17(7-9-18)11-14(19)12-4-3-5-13(16)10-12/h3-5,10H,2,6-9,11H2,1H3. The Labute approximate surface area is 133 Å². The molecule has 0 unspecified atom stereocenters. The van der Waals surface area contributed by atoms with Crippen LogP contribution in [0.1, 0.15) is 17.3 Å². The molecule has 0 aromatic heterocycles. The first kappa shape index (κ1) is 16.0. The van der Waals surface area contributed by atoms with Gasteiger partial charge in [-0.05, 0) is 19.1 Å². The molecule has 5 nitrogen and oxygen atoms in total. The summed E-state index contributed by atoms with van der Waals surface area (Å²) in [6.45, 7) is 5.16. The Morgan fingerprint density at radius 3 is 2.57 bits per heavy atom.